The van der Waals surface area contributed by atoms with Gasteiger partial charge in [-0.3, -0.25) is 9.59 Å². The van der Waals surface area contributed by atoms with Crippen LogP contribution in [0.5, 0.6) is 5.75 Å². The fraction of sp³-hybridized carbons (Fsp3) is 0.278. The smallest absolute Gasteiger partial charge is 0.341 e. The Morgan fingerprint density at radius 3 is 2.56 bits per heavy atom. The zero-order chi connectivity index (χ0) is 20.0. The third kappa shape index (κ3) is 5.75. The van der Waals surface area contributed by atoms with Gasteiger partial charge in [0.2, 0.25) is 5.91 Å². The summed E-state index contributed by atoms with van der Waals surface area (Å²) in [5, 5.41) is 14.1. The Hall–Kier alpha value is -3.00. The number of rotatable bonds is 8. The molecule has 2 rings (SSSR count). The maximum absolute atomic E-state index is 12.6. The highest BCUT2D eigenvalue weighted by Crippen LogP contribution is 2.28. The average Bonchev–Trinajstić information content (AvgIpc) is 3.12. The molecule has 0 radical (unpaired) electrons. The molecule has 144 valence electrons. The van der Waals surface area contributed by atoms with Gasteiger partial charge >= 0.3 is 5.97 Å². The number of aliphatic carboxylic acids is 1. The van der Waals surface area contributed by atoms with E-state index in [1.165, 1.54) is 30.5 Å². The summed E-state index contributed by atoms with van der Waals surface area (Å²) in [6.07, 6.45) is 1.37. The molecule has 2 aromatic rings. The Kier molecular flexibility index (Phi) is 6.84. The van der Waals surface area contributed by atoms with Crippen molar-refractivity contribution in [3.63, 3.8) is 0 Å². The number of benzene rings is 1. The number of hydrogen-bond acceptors (Lipinski definition) is 5. The SMILES string of the molecule is CC(C)C(NC(=O)c1ccco1)C(=O)Nc1ccc(OCC(=O)O)c(Cl)c1. The van der Waals surface area contributed by atoms with Gasteiger partial charge in [0.25, 0.3) is 5.91 Å². The molecule has 0 fully saturated rings. The van der Waals surface area contributed by atoms with E-state index in [1.54, 1.807) is 19.9 Å². The van der Waals surface area contributed by atoms with Crippen LogP contribution in [0.15, 0.2) is 41.0 Å². The van der Waals surface area contributed by atoms with Gasteiger partial charge in [0.05, 0.1) is 11.3 Å². The molecule has 2 amide bonds. The molecule has 0 saturated carbocycles. The molecule has 1 atom stereocenters. The Labute approximate surface area is 160 Å². The zero-order valence-corrected chi connectivity index (χ0v) is 15.4. The molecular weight excluding hydrogens is 376 g/mol. The van der Waals surface area contributed by atoms with Gasteiger partial charge < -0.3 is 24.9 Å². The molecule has 0 bridgehead atoms. The van der Waals surface area contributed by atoms with Crippen LogP contribution in [0.2, 0.25) is 5.02 Å². The van der Waals surface area contributed by atoms with Crippen LogP contribution in [-0.4, -0.2) is 35.5 Å². The van der Waals surface area contributed by atoms with Crippen molar-refractivity contribution in [2.24, 2.45) is 5.92 Å². The van der Waals surface area contributed by atoms with E-state index in [4.69, 9.17) is 25.9 Å². The van der Waals surface area contributed by atoms with Gasteiger partial charge in [-0.05, 0) is 36.2 Å². The van der Waals surface area contributed by atoms with Crippen LogP contribution in [0.1, 0.15) is 24.4 Å². The number of ether oxygens (including phenoxy) is 1. The molecule has 1 aromatic heterocycles. The van der Waals surface area contributed by atoms with E-state index in [9.17, 15) is 14.4 Å². The highest BCUT2D eigenvalue weighted by atomic mass is 35.5. The minimum atomic E-state index is -1.13. The largest absolute Gasteiger partial charge is 0.480 e. The number of halogens is 1. The Balaban J connectivity index is 2.05. The fourth-order valence-electron chi connectivity index (χ4n) is 2.21. The van der Waals surface area contributed by atoms with Crippen molar-refractivity contribution in [1.82, 2.24) is 5.32 Å². The number of amides is 2. The van der Waals surface area contributed by atoms with Crippen LogP contribution in [0.25, 0.3) is 0 Å². The lowest BCUT2D eigenvalue weighted by molar-refractivity contribution is -0.139. The first-order valence-electron chi connectivity index (χ1n) is 8.07. The number of anilines is 1. The second-order valence-electron chi connectivity index (χ2n) is 5.99. The summed E-state index contributed by atoms with van der Waals surface area (Å²) >= 11 is 6.04. The van der Waals surface area contributed by atoms with Gasteiger partial charge in [-0.25, -0.2) is 4.79 Å². The molecular formula is C18H19ClN2O6. The molecule has 0 aliphatic carbocycles. The third-order valence-corrected chi connectivity index (χ3v) is 3.83. The summed E-state index contributed by atoms with van der Waals surface area (Å²) in [6.45, 7) is 3.06. The number of carbonyl (C=O) groups excluding carboxylic acids is 2. The van der Waals surface area contributed by atoms with Gasteiger partial charge in [-0.15, -0.1) is 0 Å². The van der Waals surface area contributed by atoms with Crippen LogP contribution in [-0.2, 0) is 9.59 Å². The molecule has 0 saturated heterocycles. The first-order valence-corrected chi connectivity index (χ1v) is 8.45. The second-order valence-corrected chi connectivity index (χ2v) is 6.40. The maximum atomic E-state index is 12.6. The van der Waals surface area contributed by atoms with Crippen molar-refractivity contribution in [3.8, 4) is 5.75 Å². The molecule has 0 aliphatic heterocycles. The number of carboxylic acid groups (broad SMARTS) is 1. The van der Waals surface area contributed by atoms with Gasteiger partial charge in [0, 0.05) is 5.69 Å². The lowest BCUT2D eigenvalue weighted by Crippen LogP contribution is -2.47. The quantitative estimate of drug-likeness (QED) is 0.633. The summed E-state index contributed by atoms with van der Waals surface area (Å²) in [5.41, 5.74) is 0.380. The van der Waals surface area contributed by atoms with Crippen molar-refractivity contribution < 1.29 is 28.6 Å². The van der Waals surface area contributed by atoms with Crippen molar-refractivity contribution in [2.45, 2.75) is 19.9 Å². The van der Waals surface area contributed by atoms with E-state index in [1.807, 2.05) is 0 Å². The Morgan fingerprint density at radius 1 is 1.26 bits per heavy atom. The summed E-state index contributed by atoms with van der Waals surface area (Å²) in [5.74, 6) is -1.95. The van der Waals surface area contributed by atoms with Crippen LogP contribution >= 0.6 is 11.6 Å². The van der Waals surface area contributed by atoms with Gasteiger partial charge in [0.1, 0.15) is 11.8 Å². The molecule has 9 heteroatoms. The molecule has 3 N–H and O–H groups in total. The first-order chi connectivity index (χ1) is 12.8. The fourth-order valence-corrected chi connectivity index (χ4v) is 2.45. The van der Waals surface area contributed by atoms with Gasteiger partial charge in [-0.2, -0.15) is 0 Å². The minimum Gasteiger partial charge on any atom is -0.480 e. The highest BCUT2D eigenvalue weighted by Gasteiger charge is 2.25. The van der Waals surface area contributed by atoms with E-state index in [0.717, 1.165) is 0 Å². The first kappa shape index (κ1) is 20.3. The predicted octanol–water partition coefficient (Wildman–Crippen LogP) is 2.79. The summed E-state index contributed by atoms with van der Waals surface area (Å²) in [6, 6.07) is 6.68. The van der Waals surface area contributed by atoms with E-state index in [0.29, 0.717) is 5.69 Å². The molecule has 8 nitrogen and oxygen atoms in total. The van der Waals surface area contributed by atoms with Crippen LogP contribution in [0.4, 0.5) is 5.69 Å². The van der Waals surface area contributed by atoms with Crippen molar-refractivity contribution in [3.05, 3.63) is 47.4 Å². The molecule has 0 aliphatic rings. The van der Waals surface area contributed by atoms with E-state index in [2.05, 4.69) is 10.6 Å². The predicted molar refractivity (Wildman–Crippen MR) is 98.0 cm³/mol. The minimum absolute atomic E-state index is 0.108. The molecule has 1 heterocycles. The number of furan rings is 1. The lowest BCUT2D eigenvalue weighted by Gasteiger charge is -2.21. The number of carbonyl (C=O) groups is 3. The third-order valence-electron chi connectivity index (χ3n) is 3.53. The monoisotopic (exact) mass is 394 g/mol. The van der Waals surface area contributed by atoms with E-state index < -0.39 is 30.4 Å². The molecule has 0 spiro atoms. The summed E-state index contributed by atoms with van der Waals surface area (Å²) in [4.78, 5) is 35.2. The van der Waals surface area contributed by atoms with Crippen LogP contribution in [0, 0.1) is 5.92 Å². The average molecular weight is 395 g/mol. The molecule has 1 aromatic carbocycles. The van der Waals surface area contributed by atoms with Crippen molar-refractivity contribution in [1.29, 1.82) is 0 Å². The summed E-state index contributed by atoms with van der Waals surface area (Å²) in [7, 11) is 0. The number of carboxylic acids is 1. The maximum Gasteiger partial charge on any atom is 0.341 e. The summed E-state index contributed by atoms with van der Waals surface area (Å²) < 4.78 is 10.1. The Morgan fingerprint density at radius 2 is 2.00 bits per heavy atom. The molecule has 27 heavy (non-hydrogen) atoms. The number of hydrogen-bond donors (Lipinski definition) is 3. The van der Waals surface area contributed by atoms with Crippen LogP contribution < -0.4 is 15.4 Å². The highest BCUT2D eigenvalue weighted by molar-refractivity contribution is 6.32. The molecule has 1 unspecified atom stereocenters. The normalized spacial score (nSPS) is 11.7. The van der Waals surface area contributed by atoms with Crippen molar-refractivity contribution in [2.75, 3.05) is 11.9 Å². The zero-order valence-electron chi connectivity index (χ0n) is 14.7. The second kappa shape index (κ2) is 9.09. The lowest BCUT2D eigenvalue weighted by atomic mass is 10.0. The topological polar surface area (TPSA) is 118 Å². The van der Waals surface area contributed by atoms with E-state index >= 15 is 0 Å². The Bertz CT molecular complexity index is 819. The van der Waals surface area contributed by atoms with Gasteiger partial charge in [0.15, 0.2) is 12.4 Å². The standard InChI is InChI=1S/C18H19ClN2O6/c1-10(2)16(21-17(24)14-4-3-7-26-14)18(25)20-11-5-6-13(12(19)8-11)27-9-15(22)23/h3-8,10,16H,9H2,1-2H3,(H,20,25)(H,21,24)(H,22,23). The van der Waals surface area contributed by atoms with E-state index in [-0.39, 0.29) is 22.5 Å². The van der Waals surface area contributed by atoms with Crippen molar-refractivity contribution >= 4 is 35.1 Å². The number of nitrogens with one attached hydrogen (secondary N) is 2. The van der Waals surface area contributed by atoms with Crippen LogP contribution in [0.3, 0.4) is 0 Å². The van der Waals surface area contributed by atoms with Gasteiger partial charge in [-0.1, -0.05) is 25.4 Å².